The molecule has 0 radical (unpaired) electrons. The first kappa shape index (κ1) is 11.9. The molecule has 0 aromatic heterocycles. The molecule has 0 aromatic carbocycles. The Morgan fingerprint density at radius 3 is 2.17 bits per heavy atom. The van der Waals surface area contributed by atoms with Crippen molar-refractivity contribution in [3.05, 3.63) is 0 Å². The van der Waals surface area contributed by atoms with Gasteiger partial charge in [0.25, 0.3) is 0 Å². The topological polar surface area (TPSA) is 29.5 Å². The Morgan fingerprint density at radius 2 is 1.75 bits per heavy atom. The van der Waals surface area contributed by atoms with Gasteiger partial charge in [0.15, 0.2) is 0 Å². The number of aliphatic hydroxyl groups excluding tert-OH is 1. The third-order valence-corrected chi connectivity index (χ3v) is 2.42. The van der Waals surface area contributed by atoms with Crippen LogP contribution in [-0.4, -0.2) is 24.9 Å². The minimum absolute atomic E-state index is 0.268. The van der Waals surface area contributed by atoms with Crippen LogP contribution in [0.2, 0.25) is 0 Å². The van der Waals surface area contributed by atoms with Gasteiger partial charge in [-0.25, -0.2) is 0 Å². The van der Waals surface area contributed by atoms with E-state index >= 15 is 0 Å². The van der Waals surface area contributed by atoms with Crippen LogP contribution in [0.25, 0.3) is 0 Å². The SMILES string of the molecule is CCC(CC)CCC(O)COC. The van der Waals surface area contributed by atoms with Crippen LogP contribution in [0.15, 0.2) is 0 Å². The van der Waals surface area contributed by atoms with E-state index in [1.54, 1.807) is 7.11 Å². The van der Waals surface area contributed by atoms with Crippen LogP contribution >= 0.6 is 0 Å². The fourth-order valence-electron chi connectivity index (χ4n) is 1.40. The first-order valence-corrected chi connectivity index (χ1v) is 4.91. The van der Waals surface area contributed by atoms with Crippen LogP contribution in [0, 0.1) is 5.92 Å². The van der Waals surface area contributed by atoms with Gasteiger partial charge in [-0.3, -0.25) is 0 Å². The van der Waals surface area contributed by atoms with Gasteiger partial charge in [0.2, 0.25) is 0 Å². The zero-order valence-electron chi connectivity index (χ0n) is 8.55. The molecule has 0 aliphatic heterocycles. The average Bonchev–Trinajstić information content (AvgIpc) is 2.07. The molecule has 1 atom stereocenters. The molecule has 0 aliphatic carbocycles. The van der Waals surface area contributed by atoms with E-state index in [1.807, 2.05) is 0 Å². The van der Waals surface area contributed by atoms with Gasteiger partial charge in [-0.2, -0.15) is 0 Å². The van der Waals surface area contributed by atoms with E-state index < -0.39 is 0 Å². The molecule has 0 saturated heterocycles. The molecule has 0 heterocycles. The van der Waals surface area contributed by atoms with Crippen LogP contribution in [0.5, 0.6) is 0 Å². The van der Waals surface area contributed by atoms with Crippen LogP contribution in [0.4, 0.5) is 0 Å². The van der Waals surface area contributed by atoms with Gasteiger partial charge in [0.05, 0.1) is 12.7 Å². The van der Waals surface area contributed by atoms with Crippen LogP contribution in [-0.2, 0) is 4.74 Å². The second-order valence-corrected chi connectivity index (χ2v) is 3.37. The quantitative estimate of drug-likeness (QED) is 0.641. The van der Waals surface area contributed by atoms with Crippen LogP contribution in [0.3, 0.4) is 0 Å². The molecule has 74 valence electrons. The van der Waals surface area contributed by atoms with Gasteiger partial charge in [-0.05, 0) is 18.8 Å². The lowest BCUT2D eigenvalue weighted by Gasteiger charge is -2.14. The number of methoxy groups -OCH3 is 1. The van der Waals surface area contributed by atoms with E-state index in [-0.39, 0.29) is 6.10 Å². The van der Waals surface area contributed by atoms with Crippen molar-refractivity contribution in [3.8, 4) is 0 Å². The molecular weight excluding hydrogens is 152 g/mol. The average molecular weight is 174 g/mol. The summed E-state index contributed by atoms with van der Waals surface area (Å²) in [6, 6.07) is 0. The highest BCUT2D eigenvalue weighted by atomic mass is 16.5. The Morgan fingerprint density at radius 1 is 1.17 bits per heavy atom. The number of hydrogen-bond donors (Lipinski definition) is 1. The number of ether oxygens (including phenoxy) is 1. The Bertz CT molecular complexity index is 89.8. The van der Waals surface area contributed by atoms with Gasteiger partial charge in [0.1, 0.15) is 0 Å². The van der Waals surface area contributed by atoms with Gasteiger partial charge >= 0.3 is 0 Å². The largest absolute Gasteiger partial charge is 0.391 e. The Balaban J connectivity index is 3.37. The summed E-state index contributed by atoms with van der Waals surface area (Å²) >= 11 is 0. The van der Waals surface area contributed by atoms with E-state index in [1.165, 1.54) is 12.8 Å². The second kappa shape index (κ2) is 7.56. The third kappa shape index (κ3) is 5.56. The molecule has 0 spiro atoms. The number of rotatable bonds is 7. The standard InChI is InChI=1S/C10H22O2/c1-4-9(5-2)6-7-10(11)8-12-3/h9-11H,4-8H2,1-3H3. The molecule has 0 bridgehead atoms. The highest BCUT2D eigenvalue weighted by molar-refractivity contribution is 4.60. The predicted molar refractivity (Wildman–Crippen MR) is 51.2 cm³/mol. The highest BCUT2D eigenvalue weighted by Crippen LogP contribution is 2.15. The van der Waals surface area contributed by atoms with Crippen molar-refractivity contribution in [2.75, 3.05) is 13.7 Å². The molecule has 2 heteroatoms. The summed E-state index contributed by atoms with van der Waals surface area (Å²) in [5, 5.41) is 9.36. The molecule has 12 heavy (non-hydrogen) atoms. The fraction of sp³-hybridized carbons (Fsp3) is 1.00. The van der Waals surface area contributed by atoms with E-state index in [4.69, 9.17) is 4.74 Å². The van der Waals surface area contributed by atoms with Crippen molar-refractivity contribution in [3.63, 3.8) is 0 Å². The van der Waals surface area contributed by atoms with Crippen molar-refractivity contribution < 1.29 is 9.84 Å². The molecule has 0 fully saturated rings. The molecule has 1 N–H and O–H groups in total. The van der Waals surface area contributed by atoms with Crippen LogP contribution in [0.1, 0.15) is 39.5 Å². The van der Waals surface area contributed by atoms with Crippen molar-refractivity contribution >= 4 is 0 Å². The Labute approximate surface area is 75.9 Å². The van der Waals surface area contributed by atoms with E-state index in [2.05, 4.69) is 13.8 Å². The van der Waals surface area contributed by atoms with Crippen LogP contribution < -0.4 is 0 Å². The monoisotopic (exact) mass is 174 g/mol. The van der Waals surface area contributed by atoms with Crippen molar-refractivity contribution in [1.29, 1.82) is 0 Å². The number of hydrogen-bond acceptors (Lipinski definition) is 2. The number of aliphatic hydroxyl groups is 1. The maximum atomic E-state index is 9.36. The zero-order valence-corrected chi connectivity index (χ0v) is 8.55. The van der Waals surface area contributed by atoms with E-state index in [9.17, 15) is 5.11 Å². The molecule has 2 nitrogen and oxygen atoms in total. The Kier molecular flexibility index (Phi) is 7.51. The maximum absolute atomic E-state index is 9.36. The zero-order chi connectivity index (χ0) is 9.40. The summed E-state index contributed by atoms with van der Waals surface area (Å²) in [4.78, 5) is 0. The van der Waals surface area contributed by atoms with Gasteiger partial charge in [-0.1, -0.05) is 26.7 Å². The van der Waals surface area contributed by atoms with Gasteiger partial charge < -0.3 is 9.84 Å². The maximum Gasteiger partial charge on any atom is 0.0773 e. The third-order valence-electron chi connectivity index (χ3n) is 2.42. The van der Waals surface area contributed by atoms with Gasteiger partial charge in [-0.15, -0.1) is 0 Å². The second-order valence-electron chi connectivity index (χ2n) is 3.37. The summed E-state index contributed by atoms with van der Waals surface area (Å²) in [6.07, 6.45) is 4.17. The summed E-state index contributed by atoms with van der Waals surface area (Å²) in [7, 11) is 1.63. The molecule has 0 saturated carbocycles. The lowest BCUT2D eigenvalue weighted by Crippen LogP contribution is -2.15. The summed E-state index contributed by atoms with van der Waals surface area (Å²) in [5.41, 5.74) is 0. The molecule has 0 aliphatic rings. The predicted octanol–water partition coefficient (Wildman–Crippen LogP) is 2.21. The molecule has 1 unspecified atom stereocenters. The Hall–Kier alpha value is -0.0800. The van der Waals surface area contributed by atoms with E-state index in [0.29, 0.717) is 6.61 Å². The first-order chi connectivity index (χ1) is 5.74. The molecule has 0 amide bonds. The van der Waals surface area contributed by atoms with E-state index in [0.717, 1.165) is 18.8 Å². The highest BCUT2D eigenvalue weighted by Gasteiger charge is 2.07. The fourth-order valence-corrected chi connectivity index (χ4v) is 1.40. The van der Waals surface area contributed by atoms with Crippen molar-refractivity contribution in [1.82, 2.24) is 0 Å². The summed E-state index contributed by atoms with van der Waals surface area (Å²) in [6.45, 7) is 4.88. The molecular formula is C10H22O2. The summed E-state index contributed by atoms with van der Waals surface area (Å²) in [5.74, 6) is 0.775. The minimum Gasteiger partial charge on any atom is -0.391 e. The molecule has 0 aromatic rings. The smallest absolute Gasteiger partial charge is 0.0773 e. The normalized spacial score (nSPS) is 13.8. The van der Waals surface area contributed by atoms with Crippen molar-refractivity contribution in [2.24, 2.45) is 5.92 Å². The molecule has 0 rings (SSSR count). The van der Waals surface area contributed by atoms with Crippen molar-refractivity contribution in [2.45, 2.75) is 45.6 Å². The van der Waals surface area contributed by atoms with Gasteiger partial charge in [0, 0.05) is 7.11 Å². The lowest BCUT2D eigenvalue weighted by atomic mass is 9.96. The lowest BCUT2D eigenvalue weighted by molar-refractivity contribution is 0.0547. The first-order valence-electron chi connectivity index (χ1n) is 4.91. The minimum atomic E-state index is -0.268. The summed E-state index contributed by atoms with van der Waals surface area (Å²) < 4.78 is 4.85.